The molecule has 1 aromatic heterocycles. The van der Waals surface area contributed by atoms with Crippen LogP contribution in [0, 0.1) is 18.3 Å². The van der Waals surface area contributed by atoms with E-state index in [1.165, 1.54) is 11.9 Å². The highest BCUT2D eigenvalue weighted by Crippen LogP contribution is 2.35. The second-order valence-electron chi connectivity index (χ2n) is 5.03. The maximum atomic E-state index is 9.08. The first-order chi connectivity index (χ1) is 11.7. The first-order valence-corrected chi connectivity index (χ1v) is 7.93. The Morgan fingerprint density at radius 1 is 1.21 bits per heavy atom. The first-order valence-electron chi connectivity index (χ1n) is 7.11. The fraction of sp³-hybridized carbons (Fsp3) is 0.176. The van der Waals surface area contributed by atoms with E-state index < -0.39 is 0 Å². The minimum absolute atomic E-state index is 0.571. The molecule has 122 valence electrons. The van der Waals surface area contributed by atoms with Crippen molar-refractivity contribution < 1.29 is 14.0 Å². The number of hydrogen-bond acceptors (Lipinski definition) is 7. The van der Waals surface area contributed by atoms with Gasteiger partial charge in [0.15, 0.2) is 11.4 Å². The molecule has 24 heavy (non-hydrogen) atoms. The Labute approximate surface area is 143 Å². The van der Waals surface area contributed by atoms with Crippen molar-refractivity contribution in [2.75, 3.05) is 18.9 Å². The second-order valence-corrected chi connectivity index (χ2v) is 5.88. The summed E-state index contributed by atoms with van der Waals surface area (Å²) in [7, 11) is 3.22. The van der Waals surface area contributed by atoms with E-state index in [-0.39, 0.29) is 0 Å². The fourth-order valence-corrected chi connectivity index (χ4v) is 2.98. The molecule has 1 N–H and O–H groups in total. The van der Waals surface area contributed by atoms with Gasteiger partial charge in [-0.25, -0.2) is 0 Å². The van der Waals surface area contributed by atoms with Crippen molar-refractivity contribution in [3.05, 3.63) is 41.5 Å². The fourth-order valence-electron chi connectivity index (χ4n) is 2.25. The van der Waals surface area contributed by atoms with E-state index in [1.54, 1.807) is 20.3 Å². The summed E-state index contributed by atoms with van der Waals surface area (Å²) >= 11 is 1.36. The zero-order chi connectivity index (χ0) is 17.1. The Balaban J connectivity index is 1.86. The Morgan fingerprint density at radius 2 is 2.04 bits per heavy atom. The average Bonchev–Trinajstić information content (AvgIpc) is 3.00. The number of aryl methyl sites for hydroxylation is 1. The quantitative estimate of drug-likeness (QED) is 0.698. The lowest BCUT2D eigenvalue weighted by Gasteiger charge is -2.10. The summed E-state index contributed by atoms with van der Waals surface area (Å²) in [4.78, 5) is 0.889. The third kappa shape index (κ3) is 2.96. The van der Waals surface area contributed by atoms with Crippen LogP contribution in [0.15, 0.2) is 39.8 Å². The molecule has 0 radical (unpaired) electrons. The lowest BCUT2D eigenvalue weighted by molar-refractivity contribution is 0.387. The van der Waals surface area contributed by atoms with Crippen LogP contribution in [0.25, 0.3) is 11.0 Å². The predicted octanol–water partition coefficient (Wildman–Crippen LogP) is 4.14. The van der Waals surface area contributed by atoms with E-state index in [2.05, 4.69) is 15.9 Å². The number of benzene rings is 2. The van der Waals surface area contributed by atoms with E-state index in [0.717, 1.165) is 21.6 Å². The van der Waals surface area contributed by atoms with Gasteiger partial charge in [-0.05, 0) is 42.6 Å². The maximum Gasteiger partial charge on any atom is 0.187 e. The summed E-state index contributed by atoms with van der Waals surface area (Å²) in [5.74, 6) is 2.02. The zero-order valence-corrected chi connectivity index (χ0v) is 14.2. The maximum absolute atomic E-state index is 9.08. The molecule has 0 saturated carbocycles. The largest absolute Gasteiger partial charge is 0.497 e. The van der Waals surface area contributed by atoms with Gasteiger partial charge in [-0.3, -0.25) is 0 Å². The molecule has 0 fully saturated rings. The molecule has 0 aliphatic rings. The van der Waals surface area contributed by atoms with E-state index in [0.29, 0.717) is 22.7 Å². The van der Waals surface area contributed by atoms with Crippen molar-refractivity contribution in [2.45, 2.75) is 11.8 Å². The molecule has 0 aliphatic carbocycles. The van der Waals surface area contributed by atoms with Crippen molar-refractivity contribution in [1.82, 2.24) is 5.16 Å². The summed E-state index contributed by atoms with van der Waals surface area (Å²) in [5.41, 5.74) is 2.03. The van der Waals surface area contributed by atoms with Crippen LogP contribution in [0.3, 0.4) is 0 Å². The van der Waals surface area contributed by atoms with Crippen LogP contribution in [0.1, 0.15) is 11.1 Å². The van der Waals surface area contributed by atoms with Gasteiger partial charge in [0.2, 0.25) is 0 Å². The van der Waals surface area contributed by atoms with E-state index in [9.17, 15) is 0 Å². The van der Waals surface area contributed by atoms with Crippen molar-refractivity contribution in [2.24, 2.45) is 0 Å². The SMILES string of the molecule is COc1ccc(SNc2noc3cc(C#N)c(C)cc23)c(OC)c1. The summed E-state index contributed by atoms with van der Waals surface area (Å²) in [6, 6.07) is 11.3. The average molecular weight is 341 g/mol. The Bertz CT molecular complexity index is 931. The molecule has 0 spiro atoms. The van der Waals surface area contributed by atoms with Crippen molar-refractivity contribution in [1.29, 1.82) is 5.26 Å². The molecular formula is C17H15N3O3S. The molecule has 0 bridgehead atoms. The van der Waals surface area contributed by atoms with Crippen molar-refractivity contribution in [3.8, 4) is 17.6 Å². The minimum Gasteiger partial charge on any atom is -0.497 e. The minimum atomic E-state index is 0.571. The van der Waals surface area contributed by atoms with Crippen LogP contribution in [-0.4, -0.2) is 19.4 Å². The first kappa shape index (κ1) is 16.0. The van der Waals surface area contributed by atoms with Crippen molar-refractivity contribution in [3.63, 3.8) is 0 Å². The number of fused-ring (bicyclic) bond motifs is 1. The van der Waals surface area contributed by atoms with Gasteiger partial charge in [-0.15, -0.1) is 0 Å². The number of anilines is 1. The van der Waals surface area contributed by atoms with Gasteiger partial charge in [-0.2, -0.15) is 5.26 Å². The molecule has 3 aromatic rings. The van der Waals surface area contributed by atoms with Gasteiger partial charge < -0.3 is 18.7 Å². The molecule has 0 unspecified atom stereocenters. The summed E-state index contributed by atoms with van der Waals surface area (Å²) in [6.07, 6.45) is 0. The zero-order valence-electron chi connectivity index (χ0n) is 13.4. The highest BCUT2D eigenvalue weighted by Gasteiger charge is 2.13. The van der Waals surface area contributed by atoms with Gasteiger partial charge >= 0.3 is 0 Å². The molecule has 7 heteroatoms. The van der Waals surface area contributed by atoms with Crippen LogP contribution in [0.2, 0.25) is 0 Å². The van der Waals surface area contributed by atoms with Crippen LogP contribution in [-0.2, 0) is 0 Å². The van der Waals surface area contributed by atoms with Gasteiger partial charge in [0.1, 0.15) is 11.5 Å². The standard InChI is InChI=1S/C17H15N3O3S/c1-10-6-13-14(7-11(10)9-18)23-19-17(13)20-24-16-5-4-12(21-2)8-15(16)22-3/h4-8H,1-3H3,(H,19,20). The number of aromatic nitrogens is 1. The summed E-state index contributed by atoms with van der Waals surface area (Å²) < 4.78 is 19.0. The summed E-state index contributed by atoms with van der Waals surface area (Å²) in [5, 5.41) is 13.9. The number of rotatable bonds is 5. The molecular weight excluding hydrogens is 326 g/mol. The molecule has 0 amide bonds. The Hall–Kier alpha value is -2.85. The topological polar surface area (TPSA) is 80.3 Å². The number of hydrogen-bond donors (Lipinski definition) is 1. The molecule has 6 nitrogen and oxygen atoms in total. The highest BCUT2D eigenvalue weighted by atomic mass is 32.2. The molecule has 3 rings (SSSR count). The number of nitrogens with one attached hydrogen (secondary N) is 1. The van der Waals surface area contributed by atoms with Crippen molar-refractivity contribution >= 4 is 28.7 Å². The van der Waals surface area contributed by atoms with E-state index >= 15 is 0 Å². The lowest BCUT2D eigenvalue weighted by Crippen LogP contribution is -1.93. The number of ether oxygens (including phenoxy) is 2. The van der Waals surface area contributed by atoms with Gasteiger partial charge in [0.25, 0.3) is 0 Å². The van der Waals surface area contributed by atoms with Crippen LogP contribution >= 0.6 is 11.9 Å². The molecule has 2 aromatic carbocycles. The van der Waals surface area contributed by atoms with Crippen LogP contribution in [0.5, 0.6) is 11.5 Å². The van der Waals surface area contributed by atoms with Gasteiger partial charge in [0, 0.05) is 12.1 Å². The normalized spacial score (nSPS) is 10.4. The lowest BCUT2D eigenvalue weighted by atomic mass is 10.1. The molecule has 0 aliphatic heterocycles. The Kier molecular flexibility index (Phi) is 4.49. The Morgan fingerprint density at radius 3 is 2.75 bits per heavy atom. The highest BCUT2D eigenvalue weighted by molar-refractivity contribution is 8.00. The summed E-state index contributed by atoms with van der Waals surface area (Å²) in [6.45, 7) is 1.88. The van der Waals surface area contributed by atoms with Crippen LogP contribution in [0.4, 0.5) is 5.82 Å². The van der Waals surface area contributed by atoms with Gasteiger partial charge in [0.05, 0.1) is 36.1 Å². The number of nitrogens with zero attached hydrogens (tertiary/aromatic N) is 2. The molecule has 0 atom stereocenters. The number of methoxy groups -OCH3 is 2. The number of nitriles is 1. The predicted molar refractivity (Wildman–Crippen MR) is 92.5 cm³/mol. The van der Waals surface area contributed by atoms with Crippen LogP contribution < -0.4 is 14.2 Å². The second kappa shape index (κ2) is 6.72. The molecule has 1 heterocycles. The monoisotopic (exact) mass is 341 g/mol. The van der Waals surface area contributed by atoms with E-state index in [1.807, 2.05) is 31.2 Å². The van der Waals surface area contributed by atoms with E-state index in [4.69, 9.17) is 19.3 Å². The third-order valence-corrected chi connectivity index (χ3v) is 4.42. The van der Waals surface area contributed by atoms with Gasteiger partial charge in [-0.1, -0.05) is 5.16 Å². The smallest absolute Gasteiger partial charge is 0.187 e. The molecule has 0 saturated heterocycles. The third-order valence-electron chi connectivity index (χ3n) is 3.57.